The van der Waals surface area contributed by atoms with Crippen molar-refractivity contribution in [1.82, 2.24) is 9.80 Å². The number of carboxylic acids is 1. The minimum atomic E-state index is -0.880. The minimum absolute atomic E-state index is 0. The molecule has 0 bridgehead atoms. The van der Waals surface area contributed by atoms with Crippen molar-refractivity contribution in [2.24, 2.45) is 0 Å². The molecule has 6 aromatic carbocycles. The van der Waals surface area contributed by atoms with Gasteiger partial charge in [-0.15, -0.1) is 0 Å². The van der Waals surface area contributed by atoms with E-state index >= 15 is 0 Å². The van der Waals surface area contributed by atoms with Crippen molar-refractivity contribution in [3.63, 3.8) is 0 Å². The maximum Gasteiger partial charge on any atom is 1.00 e. The summed E-state index contributed by atoms with van der Waals surface area (Å²) in [6.07, 6.45) is -0.165. The molecule has 10 rings (SSSR count). The van der Waals surface area contributed by atoms with E-state index in [2.05, 4.69) is 58.3 Å². The molecule has 11 nitrogen and oxygen atoms in total. The number of carboxylic acid groups (broad SMARTS) is 1. The molecule has 2 atom stereocenters. The largest absolute Gasteiger partial charge is 1.00 e. The Morgan fingerprint density at radius 3 is 1.29 bits per heavy atom. The first-order valence-corrected chi connectivity index (χ1v) is 20.8. The van der Waals surface area contributed by atoms with Gasteiger partial charge in [0.2, 0.25) is 0 Å². The van der Waals surface area contributed by atoms with E-state index in [9.17, 15) is 9.59 Å². The van der Waals surface area contributed by atoms with Gasteiger partial charge in [-0.1, -0.05) is 97.1 Å². The van der Waals surface area contributed by atoms with Gasteiger partial charge in [0.1, 0.15) is 13.2 Å². The number of hydrogen-bond acceptors (Lipinski definition) is 10. The Kier molecular flexibility index (Phi) is 14.6. The van der Waals surface area contributed by atoms with Crippen molar-refractivity contribution in [2.45, 2.75) is 37.1 Å². The molecule has 6 aromatic rings. The van der Waals surface area contributed by atoms with Crippen LogP contribution in [0, 0.1) is 0 Å². The van der Waals surface area contributed by atoms with Gasteiger partial charge in [0.25, 0.3) is 0 Å². The van der Waals surface area contributed by atoms with Crippen LogP contribution in [0.15, 0.2) is 146 Å². The second-order valence-corrected chi connectivity index (χ2v) is 16.0. The number of methoxy groups -OCH3 is 1. The zero-order valence-corrected chi connectivity index (χ0v) is 35.5. The summed E-state index contributed by atoms with van der Waals surface area (Å²) in [5.41, 5.74) is 8.23. The Balaban J connectivity index is 0.000000183. The fraction of sp³-hybridized carbons (Fsp3) is 0.255. The van der Waals surface area contributed by atoms with Crippen molar-refractivity contribution in [1.29, 1.82) is 0 Å². The van der Waals surface area contributed by atoms with E-state index in [-0.39, 0.29) is 42.5 Å². The Labute approximate surface area is 379 Å². The summed E-state index contributed by atoms with van der Waals surface area (Å²) in [6, 6.07) is 47.8. The third-order valence-corrected chi connectivity index (χ3v) is 11.9. The first-order valence-electron chi connectivity index (χ1n) is 20.8. The van der Waals surface area contributed by atoms with Crippen LogP contribution in [0.5, 0.6) is 23.0 Å². The van der Waals surface area contributed by atoms with Crippen LogP contribution in [0.1, 0.15) is 78.1 Å². The van der Waals surface area contributed by atoms with E-state index in [0.29, 0.717) is 36.2 Å². The summed E-state index contributed by atoms with van der Waals surface area (Å²) in [6.45, 7) is 6.92. The van der Waals surface area contributed by atoms with Gasteiger partial charge in [0, 0.05) is 51.1 Å². The Bertz CT molecular complexity index is 2450. The van der Waals surface area contributed by atoms with Gasteiger partial charge in [-0.05, 0) is 81.9 Å². The molecule has 4 heterocycles. The number of likely N-dealkylation sites (tertiary alicyclic amines) is 2. The normalized spacial score (nSPS) is 17.9. The number of fused-ring (bicyclic) bond motifs is 2. The maximum atomic E-state index is 11.6. The monoisotopic (exact) mass is 840 g/mol. The number of ether oxygens (including phenoxy) is 5. The van der Waals surface area contributed by atoms with Crippen LogP contribution in [-0.4, -0.2) is 78.8 Å². The average Bonchev–Trinajstić information content (AvgIpc) is 3.28. The molecule has 0 aromatic heterocycles. The van der Waals surface area contributed by atoms with Crippen molar-refractivity contribution in [2.75, 3.05) is 46.5 Å². The number of nitrogens with zero attached hydrogens (tertiary/aromatic N) is 2. The van der Waals surface area contributed by atoms with Crippen molar-refractivity contribution in [3.8, 4) is 23.0 Å². The number of carbonyl (C=O) groups is 2. The van der Waals surface area contributed by atoms with Gasteiger partial charge < -0.3 is 34.3 Å². The molecule has 4 aliphatic rings. The molecular formula is C51H49LiN2O9. The molecule has 0 spiro atoms. The van der Waals surface area contributed by atoms with Gasteiger partial charge in [-0.2, -0.15) is 0 Å². The number of rotatable bonds is 10. The molecule has 12 heteroatoms. The Morgan fingerprint density at radius 1 is 0.540 bits per heavy atom. The smallest absolute Gasteiger partial charge is 0.870 e. The fourth-order valence-corrected chi connectivity index (χ4v) is 8.29. The van der Waals surface area contributed by atoms with Crippen LogP contribution in [-0.2, 0) is 17.8 Å². The zero-order valence-electron chi connectivity index (χ0n) is 35.5. The van der Waals surface area contributed by atoms with Crippen LogP contribution in [0.4, 0.5) is 0 Å². The van der Waals surface area contributed by atoms with Gasteiger partial charge in [-0.25, -0.2) is 9.59 Å². The molecule has 4 aliphatic heterocycles. The molecule has 2 fully saturated rings. The standard InChI is InChI=1S/C26H25NO4.C25H23NO4.Li.H2O/c1-29-26(28)21-12-10-19(11-13-21)22-15-27(16-22)14-18-6-8-20(9-7-18)25-17-30-23-4-2-3-5-24(23)31-25;27-25(28)20-11-9-18(10-12-20)21-14-26(15-21)13-17-5-7-19(8-6-17)24-16-29-22-3-1-2-4-23(22)30-24;;/h2-13,22,25H,14-17H2,1H3;1-12,21,24H,13-16H2,(H,27,28);;1H2/q;;+1;/p-1/t25-;24-;;/m11../s1. The first-order chi connectivity index (χ1) is 29.8. The van der Waals surface area contributed by atoms with Gasteiger partial charge in [0.15, 0.2) is 35.2 Å². The summed E-state index contributed by atoms with van der Waals surface area (Å²) in [5.74, 6) is 3.01. The van der Waals surface area contributed by atoms with Crippen LogP contribution < -0.4 is 37.8 Å². The summed E-state index contributed by atoms with van der Waals surface area (Å²) in [5, 5.41) is 9.01. The maximum absolute atomic E-state index is 11.6. The molecule has 0 radical (unpaired) electrons. The first kappa shape index (κ1) is 45.0. The summed E-state index contributed by atoms with van der Waals surface area (Å²) in [7, 11) is 1.40. The molecule has 2 N–H and O–H groups in total. The second-order valence-electron chi connectivity index (χ2n) is 16.0. The fourth-order valence-electron chi connectivity index (χ4n) is 8.29. The molecule has 318 valence electrons. The van der Waals surface area contributed by atoms with Crippen LogP contribution in [0.2, 0.25) is 0 Å². The Hall–Kier alpha value is -6.06. The number of hydrogen-bond donors (Lipinski definition) is 1. The van der Waals surface area contributed by atoms with Gasteiger partial charge in [0.05, 0.1) is 18.2 Å². The Morgan fingerprint density at radius 2 is 0.905 bits per heavy atom. The summed E-state index contributed by atoms with van der Waals surface area (Å²) in [4.78, 5) is 27.4. The number of esters is 1. The van der Waals surface area contributed by atoms with Crippen molar-refractivity contribution < 1.29 is 62.7 Å². The molecule has 0 amide bonds. The molecule has 0 unspecified atom stereocenters. The number of carbonyl (C=O) groups excluding carboxylic acids is 1. The second kappa shape index (κ2) is 20.4. The molecule has 63 heavy (non-hydrogen) atoms. The predicted octanol–water partition coefficient (Wildman–Crippen LogP) is 5.91. The van der Waals surface area contributed by atoms with Crippen LogP contribution >= 0.6 is 0 Å². The third kappa shape index (κ3) is 10.6. The number of para-hydroxylation sites is 4. The van der Waals surface area contributed by atoms with E-state index < -0.39 is 5.97 Å². The molecule has 0 saturated carbocycles. The number of aromatic carboxylic acids is 1. The molecular weight excluding hydrogens is 792 g/mol. The third-order valence-electron chi connectivity index (χ3n) is 11.9. The molecule has 2 saturated heterocycles. The van der Waals surface area contributed by atoms with Crippen molar-refractivity contribution >= 4 is 11.9 Å². The minimum Gasteiger partial charge on any atom is -0.870 e. The summed E-state index contributed by atoms with van der Waals surface area (Å²) >= 11 is 0. The predicted molar refractivity (Wildman–Crippen MR) is 233 cm³/mol. The van der Waals surface area contributed by atoms with Gasteiger partial charge >= 0.3 is 30.8 Å². The van der Waals surface area contributed by atoms with E-state index in [4.69, 9.17) is 28.8 Å². The topological polar surface area (TPSA) is 137 Å². The van der Waals surface area contributed by atoms with Crippen LogP contribution in [0.3, 0.4) is 0 Å². The summed E-state index contributed by atoms with van der Waals surface area (Å²) < 4.78 is 28.6. The zero-order chi connectivity index (χ0) is 41.7. The average molecular weight is 841 g/mol. The number of benzene rings is 6. The quantitative estimate of drug-likeness (QED) is 0.130. The van der Waals surface area contributed by atoms with E-state index in [0.717, 1.165) is 73.4 Å². The van der Waals surface area contributed by atoms with E-state index in [1.54, 1.807) is 12.1 Å². The van der Waals surface area contributed by atoms with Crippen LogP contribution in [0.25, 0.3) is 0 Å². The van der Waals surface area contributed by atoms with E-state index in [1.165, 1.54) is 29.4 Å². The molecule has 0 aliphatic carbocycles. The van der Waals surface area contributed by atoms with Gasteiger partial charge in [-0.3, -0.25) is 9.80 Å². The van der Waals surface area contributed by atoms with Crippen molar-refractivity contribution in [3.05, 3.63) is 190 Å². The van der Waals surface area contributed by atoms with E-state index in [1.807, 2.05) is 84.9 Å². The SMILES string of the molecule is COC(=O)c1ccc(C2CN(Cc3ccc([C@H]4COc5ccccc5O4)cc3)C2)cc1.O=C(O)c1ccc(C2CN(Cc3ccc([C@H]4COc5ccccc5O4)cc3)C2)cc1.[Li+].[OH-].